The zero-order valence-electron chi connectivity index (χ0n) is 7.05. The summed E-state index contributed by atoms with van der Waals surface area (Å²) in [6, 6.07) is 0. The number of aliphatic hydroxyl groups excluding tert-OH is 1. The topological polar surface area (TPSA) is 46.2 Å². The third-order valence-corrected chi connectivity index (χ3v) is 2.66. The van der Waals surface area contributed by atoms with Gasteiger partial charge in [0, 0.05) is 0 Å². The van der Waals surface area contributed by atoms with Crippen molar-refractivity contribution in [2.24, 2.45) is 11.1 Å². The van der Waals surface area contributed by atoms with Crippen LogP contribution in [0.5, 0.6) is 0 Å². The van der Waals surface area contributed by atoms with Gasteiger partial charge in [0.2, 0.25) is 0 Å². The van der Waals surface area contributed by atoms with Gasteiger partial charge in [0.25, 0.3) is 0 Å². The van der Waals surface area contributed by atoms with E-state index in [-0.39, 0.29) is 18.5 Å². The molecule has 3 N–H and O–H groups in total. The second-order valence-electron chi connectivity index (χ2n) is 3.75. The molecular formula is C8H18ClNO. The van der Waals surface area contributed by atoms with E-state index in [9.17, 15) is 5.11 Å². The molecule has 0 unspecified atom stereocenters. The molecule has 0 atom stereocenters. The maximum atomic E-state index is 9.20. The summed E-state index contributed by atoms with van der Waals surface area (Å²) < 4.78 is 0. The van der Waals surface area contributed by atoms with E-state index in [1.54, 1.807) is 0 Å². The number of aliphatic hydroxyl groups is 1. The Hall–Kier alpha value is 0.210. The van der Waals surface area contributed by atoms with Crippen molar-refractivity contribution in [1.82, 2.24) is 0 Å². The third kappa shape index (κ3) is 2.97. The summed E-state index contributed by atoms with van der Waals surface area (Å²) in [6.45, 7) is 2.97. The van der Waals surface area contributed by atoms with Crippen LogP contribution in [0.3, 0.4) is 0 Å². The van der Waals surface area contributed by atoms with Crippen molar-refractivity contribution in [1.29, 1.82) is 0 Å². The molecular weight excluding hydrogens is 162 g/mol. The van der Waals surface area contributed by atoms with Crippen LogP contribution in [0.4, 0.5) is 0 Å². The number of hydrogen-bond acceptors (Lipinski definition) is 2. The molecule has 3 heteroatoms. The molecule has 0 aliphatic heterocycles. The quantitative estimate of drug-likeness (QED) is 0.638. The summed E-state index contributed by atoms with van der Waals surface area (Å²) in [4.78, 5) is 0. The lowest BCUT2D eigenvalue weighted by Gasteiger charge is -2.34. The van der Waals surface area contributed by atoms with Crippen LogP contribution in [-0.2, 0) is 0 Å². The maximum absolute atomic E-state index is 9.20. The first kappa shape index (κ1) is 11.2. The summed E-state index contributed by atoms with van der Waals surface area (Å²) >= 11 is 0. The number of nitrogens with two attached hydrogens (primary N) is 1. The zero-order chi connectivity index (χ0) is 7.61. The van der Waals surface area contributed by atoms with Crippen molar-refractivity contribution in [3.05, 3.63) is 0 Å². The monoisotopic (exact) mass is 179 g/mol. The number of rotatable bonds is 1. The molecule has 0 bridgehead atoms. The molecule has 1 aliphatic carbocycles. The SMILES string of the molecule is CC1(CN)CCC(O)CC1.Cl. The van der Waals surface area contributed by atoms with Crippen molar-refractivity contribution in [3.63, 3.8) is 0 Å². The van der Waals surface area contributed by atoms with E-state index in [0.29, 0.717) is 5.41 Å². The highest BCUT2D eigenvalue weighted by molar-refractivity contribution is 5.85. The molecule has 0 aromatic carbocycles. The van der Waals surface area contributed by atoms with E-state index in [0.717, 1.165) is 32.2 Å². The molecule has 1 rings (SSSR count). The Morgan fingerprint density at radius 3 is 2.27 bits per heavy atom. The lowest BCUT2D eigenvalue weighted by molar-refractivity contribution is 0.0755. The fourth-order valence-electron chi connectivity index (χ4n) is 1.50. The van der Waals surface area contributed by atoms with Crippen LogP contribution in [0.2, 0.25) is 0 Å². The van der Waals surface area contributed by atoms with E-state index in [2.05, 4.69) is 6.92 Å². The minimum atomic E-state index is -0.0559. The Morgan fingerprint density at radius 2 is 1.91 bits per heavy atom. The summed E-state index contributed by atoms with van der Waals surface area (Å²) in [5.74, 6) is 0. The van der Waals surface area contributed by atoms with Crippen molar-refractivity contribution >= 4 is 12.4 Å². The molecule has 0 spiro atoms. The van der Waals surface area contributed by atoms with Gasteiger partial charge in [0.05, 0.1) is 6.10 Å². The van der Waals surface area contributed by atoms with Gasteiger partial charge in [0.15, 0.2) is 0 Å². The van der Waals surface area contributed by atoms with Crippen LogP contribution in [0, 0.1) is 5.41 Å². The Bertz CT molecular complexity index is 111. The molecule has 68 valence electrons. The molecule has 0 aromatic heterocycles. The number of hydrogen-bond donors (Lipinski definition) is 2. The highest BCUT2D eigenvalue weighted by atomic mass is 35.5. The van der Waals surface area contributed by atoms with Gasteiger partial charge < -0.3 is 10.8 Å². The van der Waals surface area contributed by atoms with Crippen molar-refractivity contribution in [2.75, 3.05) is 6.54 Å². The van der Waals surface area contributed by atoms with Gasteiger partial charge in [-0.25, -0.2) is 0 Å². The predicted molar refractivity (Wildman–Crippen MR) is 48.9 cm³/mol. The first-order valence-corrected chi connectivity index (χ1v) is 4.04. The van der Waals surface area contributed by atoms with Crippen LogP contribution in [-0.4, -0.2) is 17.8 Å². The summed E-state index contributed by atoms with van der Waals surface area (Å²) in [5.41, 5.74) is 5.92. The Morgan fingerprint density at radius 1 is 1.45 bits per heavy atom. The van der Waals surface area contributed by atoms with Crippen LogP contribution in [0.15, 0.2) is 0 Å². The van der Waals surface area contributed by atoms with Crippen molar-refractivity contribution in [2.45, 2.75) is 38.7 Å². The lowest BCUT2D eigenvalue weighted by atomic mass is 9.75. The largest absolute Gasteiger partial charge is 0.393 e. The van der Waals surface area contributed by atoms with Crippen molar-refractivity contribution < 1.29 is 5.11 Å². The summed E-state index contributed by atoms with van der Waals surface area (Å²) in [5, 5.41) is 9.20. The molecule has 2 nitrogen and oxygen atoms in total. The van der Waals surface area contributed by atoms with Gasteiger partial charge in [-0.2, -0.15) is 0 Å². The Labute approximate surface area is 74.6 Å². The molecule has 11 heavy (non-hydrogen) atoms. The molecule has 1 saturated carbocycles. The van der Waals surface area contributed by atoms with Crippen LogP contribution in [0.25, 0.3) is 0 Å². The van der Waals surface area contributed by atoms with Crippen LogP contribution < -0.4 is 5.73 Å². The summed E-state index contributed by atoms with van der Waals surface area (Å²) in [7, 11) is 0. The van der Waals surface area contributed by atoms with E-state index in [4.69, 9.17) is 5.73 Å². The average Bonchev–Trinajstić information content (AvgIpc) is 1.96. The fraction of sp³-hybridized carbons (Fsp3) is 1.00. The van der Waals surface area contributed by atoms with Gasteiger partial charge in [-0.1, -0.05) is 6.92 Å². The zero-order valence-corrected chi connectivity index (χ0v) is 7.86. The standard InChI is InChI=1S/C8H17NO.ClH/c1-8(6-9)4-2-7(10)3-5-8;/h7,10H,2-6,9H2,1H3;1H. The minimum Gasteiger partial charge on any atom is -0.393 e. The second kappa shape index (κ2) is 4.29. The van der Waals surface area contributed by atoms with Gasteiger partial charge in [-0.05, 0) is 37.6 Å². The first-order chi connectivity index (χ1) is 4.66. The Balaban J connectivity index is 0.000001000. The van der Waals surface area contributed by atoms with Crippen LogP contribution >= 0.6 is 12.4 Å². The first-order valence-electron chi connectivity index (χ1n) is 4.04. The normalized spacial score (nSPS) is 37.9. The van der Waals surface area contributed by atoms with E-state index in [1.165, 1.54) is 0 Å². The average molecular weight is 180 g/mol. The number of halogens is 1. The predicted octanol–water partition coefficient (Wildman–Crippen LogP) is 1.31. The molecule has 1 fully saturated rings. The van der Waals surface area contributed by atoms with Crippen molar-refractivity contribution in [3.8, 4) is 0 Å². The van der Waals surface area contributed by atoms with Gasteiger partial charge >= 0.3 is 0 Å². The van der Waals surface area contributed by atoms with E-state index >= 15 is 0 Å². The summed E-state index contributed by atoms with van der Waals surface area (Å²) in [6.07, 6.45) is 4.00. The van der Waals surface area contributed by atoms with Gasteiger partial charge in [-0.15, -0.1) is 12.4 Å². The van der Waals surface area contributed by atoms with Crippen LogP contribution in [0.1, 0.15) is 32.6 Å². The minimum absolute atomic E-state index is 0. The molecule has 0 aromatic rings. The maximum Gasteiger partial charge on any atom is 0.0540 e. The van der Waals surface area contributed by atoms with Gasteiger partial charge in [-0.3, -0.25) is 0 Å². The smallest absolute Gasteiger partial charge is 0.0540 e. The van der Waals surface area contributed by atoms with Gasteiger partial charge in [0.1, 0.15) is 0 Å². The highest BCUT2D eigenvalue weighted by Gasteiger charge is 2.28. The molecule has 0 amide bonds. The third-order valence-electron chi connectivity index (χ3n) is 2.66. The lowest BCUT2D eigenvalue weighted by Crippen LogP contribution is -2.33. The molecule has 0 saturated heterocycles. The molecule has 1 aliphatic rings. The Kier molecular flexibility index (Phi) is 4.37. The highest BCUT2D eigenvalue weighted by Crippen LogP contribution is 2.34. The fourth-order valence-corrected chi connectivity index (χ4v) is 1.50. The molecule has 0 heterocycles. The van der Waals surface area contributed by atoms with E-state index < -0.39 is 0 Å². The second-order valence-corrected chi connectivity index (χ2v) is 3.75. The molecule has 0 radical (unpaired) electrons. The van der Waals surface area contributed by atoms with E-state index in [1.807, 2.05) is 0 Å².